The Labute approximate surface area is 115 Å². The molecule has 4 nitrogen and oxygen atoms in total. The van der Waals surface area contributed by atoms with Gasteiger partial charge in [-0.3, -0.25) is 14.6 Å². The van der Waals surface area contributed by atoms with E-state index >= 15 is 0 Å². The maximum Gasteiger partial charge on any atom is 0.0666 e. The van der Waals surface area contributed by atoms with E-state index < -0.39 is 0 Å². The molecule has 0 aliphatic heterocycles. The number of aryl methyl sites for hydroxylation is 2. The Hall–Kier alpha value is -1.68. The van der Waals surface area contributed by atoms with Gasteiger partial charge < -0.3 is 0 Å². The van der Waals surface area contributed by atoms with Gasteiger partial charge in [-0.25, -0.2) is 0 Å². The van der Waals surface area contributed by atoms with Gasteiger partial charge in [-0.05, 0) is 32.0 Å². The Morgan fingerprint density at radius 2 is 2.21 bits per heavy atom. The maximum absolute atomic E-state index is 4.49. The molecule has 2 rings (SSSR count). The molecule has 0 aliphatic rings. The lowest BCUT2D eigenvalue weighted by molar-refractivity contribution is 0.252. The lowest BCUT2D eigenvalue weighted by Crippen LogP contribution is -2.22. The van der Waals surface area contributed by atoms with Gasteiger partial charge >= 0.3 is 0 Å². The van der Waals surface area contributed by atoms with Crippen molar-refractivity contribution in [2.45, 2.75) is 32.9 Å². The first kappa shape index (κ1) is 13.7. The van der Waals surface area contributed by atoms with Crippen molar-refractivity contribution in [3.63, 3.8) is 0 Å². The molecule has 0 N–H and O–H groups in total. The summed E-state index contributed by atoms with van der Waals surface area (Å²) in [6.07, 6.45) is 6.84. The fourth-order valence-corrected chi connectivity index (χ4v) is 2.30. The largest absolute Gasteiger partial charge is 0.295 e. The van der Waals surface area contributed by atoms with Crippen molar-refractivity contribution in [2.75, 3.05) is 7.05 Å². The van der Waals surface area contributed by atoms with Crippen LogP contribution < -0.4 is 0 Å². The van der Waals surface area contributed by atoms with Gasteiger partial charge in [-0.15, -0.1) is 0 Å². The summed E-state index contributed by atoms with van der Waals surface area (Å²) in [4.78, 5) is 6.52. The van der Waals surface area contributed by atoms with E-state index in [4.69, 9.17) is 0 Å². The summed E-state index contributed by atoms with van der Waals surface area (Å²) in [5, 5.41) is 4.49. The van der Waals surface area contributed by atoms with Crippen molar-refractivity contribution in [1.82, 2.24) is 19.7 Å². The third-order valence-corrected chi connectivity index (χ3v) is 3.57. The SMILES string of the molecule is CCc1nn(C)cc1CN(C)C(C)c1cccnc1. The van der Waals surface area contributed by atoms with Crippen LogP contribution >= 0.6 is 0 Å². The van der Waals surface area contributed by atoms with Gasteiger partial charge in [0.05, 0.1) is 5.69 Å². The molecule has 1 atom stereocenters. The number of rotatable bonds is 5. The Morgan fingerprint density at radius 3 is 2.84 bits per heavy atom. The van der Waals surface area contributed by atoms with Gasteiger partial charge in [0, 0.05) is 43.8 Å². The lowest BCUT2D eigenvalue weighted by atomic mass is 10.1. The zero-order chi connectivity index (χ0) is 13.8. The summed E-state index contributed by atoms with van der Waals surface area (Å²) in [5.41, 5.74) is 3.74. The van der Waals surface area contributed by atoms with Gasteiger partial charge in [-0.1, -0.05) is 13.0 Å². The third kappa shape index (κ3) is 3.20. The average molecular weight is 258 g/mol. The second-order valence-electron chi connectivity index (χ2n) is 5.01. The molecule has 1 unspecified atom stereocenters. The third-order valence-electron chi connectivity index (χ3n) is 3.57. The van der Waals surface area contributed by atoms with E-state index in [1.165, 1.54) is 16.8 Å². The molecular weight excluding hydrogens is 236 g/mol. The van der Waals surface area contributed by atoms with E-state index in [0.717, 1.165) is 13.0 Å². The minimum absolute atomic E-state index is 0.346. The Morgan fingerprint density at radius 1 is 1.42 bits per heavy atom. The van der Waals surface area contributed by atoms with Crippen LogP contribution in [0.15, 0.2) is 30.7 Å². The number of pyridine rings is 1. The van der Waals surface area contributed by atoms with E-state index in [-0.39, 0.29) is 0 Å². The highest BCUT2D eigenvalue weighted by molar-refractivity contribution is 5.18. The molecule has 19 heavy (non-hydrogen) atoms. The van der Waals surface area contributed by atoms with Crippen molar-refractivity contribution in [3.05, 3.63) is 47.5 Å². The zero-order valence-corrected chi connectivity index (χ0v) is 12.2. The monoisotopic (exact) mass is 258 g/mol. The molecule has 0 amide bonds. The average Bonchev–Trinajstić information content (AvgIpc) is 2.78. The van der Waals surface area contributed by atoms with Crippen LogP contribution in [0.3, 0.4) is 0 Å². The van der Waals surface area contributed by atoms with Crippen LogP contribution in [0.4, 0.5) is 0 Å². The normalized spacial score (nSPS) is 12.9. The molecule has 0 radical (unpaired) electrons. The molecular formula is C15H22N4. The second-order valence-corrected chi connectivity index (χ2v) is 5.01. The quantitative estimate of drug-likeness (QED) is 0.826. The van der Waals surface area contributed by atoms with E-state index in [2.05, 4.69) is 48.1 Å². The van der Waals surface area contributed by atoms with Crippen LogP contribution in [0.1, 0.15) is 36.7 Å². The molecule has 0 saturated heterocycles. The first-order chi connectivity index (χ1) is 9.11. The molecule has 0 aliphatic carbocycles. The summed E-state index contributed by atoms with van der Waals surface area (Å²) in [7, 11) is 4.12. The molecule has 4 heteroatoms. The summed E-state index contributed by atoms with van der Waals surface area (Å²) in [6, 6.07) is 4.46. The number of hydrogen-bond acceptors (Lipinski definition) is 3. The zero-order valence-electron chi connectivity index (χ0n) is 12.2. The van der Waals surface area contributed by atoms with Crippen molar-refractivity contribution >= 4 is 0 Å². The minimum Gasteiger partial charge on any atom is -0.295 e. The number of aromatic nitrogens is 3. The van der Waals surface area contributed by atoms with Crippen LogP contribution in [-0.4, -0.2) is 26.7 Å². The highest BCUT2D eigenvalue weighted by Crippen LogP contribution is 2.20. The highest BCUT2D eigenvalue weighted by atomic mass is 15.3. The van der Waals surface area contributed by atoms with Gasteiger partial charge in [0.15, 0.2) is 0 Å². The second kappa shape index (κ2) is 5.97. The Bertz CT molecular complexity index is 518. The molecule has 0 fully saturated rings. The topological polar surface area (TPSA) is 34.0 Å². The van der Waals surface area contributed by atoms with Crippen LogP contribution in [0, 0.1) is 0 Å². The van der Waals surface area contributed by atoms with E-state index in [1.807, 2.05) is 30.2 Å². The van der Waals surface area contributed by atoms with Gasteiger partial charge in [0.1, 0.15) is 0 Å². The summed E-state index contributed by atoms with van der Waals surface area (Å²) in [5.74, 6) is 0. The standard InChI is InChI=1S/C15H22N4/c1-5-15-14(11-19(4)17-15)10-18(3)12(2)13-7-6-8-16-9-13/h6-9,11-12H,5,10H2,1-4H3. The minimum atomic E-state index is 0.346. The molecule has 0 bridgehead atoms. The van der Waals surface area contributed by atoms with Crippen molar-refractivity contribution < 1.29 is 0 Å². The first-order valence-electron chi connectivity index (χ1n) is 6.73. The van der Waals surface area contributed by atoms with Crippen molar-refractivity contribution in [1.29, 1.82) is 0 Å². The van der Waals surface area contributed by atoms with Crippen LogP contribution in [0.5, 0.6) is 0 Å². The highest BCUT2D eigenvalue weighted by Gasteiger charge is 2.15. The Kier molecular flexibility index (Phi) is 4.32. The fraction of sp³-hybridized carbons (Fsp3) is 0.467. The van der Waals surface area contributed by atoms with Gasteiger partial charge in [0.2, 0.25) is 0 Å². The summed E-state index contributed by atoms with van der Waals surface area (Å²) >= 11 is 0. The summed E-state index contributed by atoms with van der Waals surface area (Å²) in [6.45, 7) is 5.27. The molecule has 2 aromatic rings. The van der Waals surface area contributed by atoms with Gasteiger partial charge in [0.25, 0.3) is 0 Å². The number of nitrogens with zero attached hydrogens (tertiary/aromatic N) is 4. The van der Waals surface area contributed by atoms with E-state index in [1.54, 1.807) is 0 Å². The first-order valence-corrected chi connectivity index (χ1v) is 6.73. The maximum atomic E-state index is 4.49. The van der Waals surface area contributed by atoms with E-state index in [0.29, 0.717) is 6.04 Å². The van der Waals surface area contributed by atoms with Gasteiger partial charge in [-0.2, -0.15) is 5.10 Å². The van der Waals surface area contributed by atoms with Crippen LogP contribution in [0.2, 0.25) is 0 Å². The Balaban J connectivity index is 2.10. The smallest absolute Gasteiger partial charge is 0.0666 e. The molecule has 102 valence electrons. The van der Waals surface area contributed by atoms with Crippen LogP contribution in [-0.2, 0) is 20.0 Å². The van der Waals surface area contributed by atoms with Crippen molar-refractivity contribution in [2.24, 2.45) is 7.05 Å². The molecule has 0 spiro atoms. The molecule has 2 heterocycles. The number of hydrogen-bond donors (Lipinski definition) is 0. The molecule has 2 aromatic heterocycles. The molecule has 0 saturated carbocycles. The van der Waals surface area contributed by atoms with E-state index in [9.17, 15) is 0 Å². The molecule has 0 aromatic carbocycles. The lowest BCUT2D eigenvalue weighted by Gasteiger charge is -2.24. The van der Waals surface area contributed by atoms with Crippen molar-refractivity contribution in [3.8, 4) is 0 Å². The fourth-order valence-electron chi connectivity index (χ4n) is 2.30. The van der Waals surface area contributed by atoms with Crippen LogP contribution in [0.25, 0.3) is 0 Å². The summed E-state index contributed by atoms with van der Waals surface area (Å²) < 4.78 is 1.90. The predicted molar refractivity (Wildman–Crippen MR) is 76.7 cm³/mol. The predicted octanol–water partition coefficient (Wildman–Crippen LogP) is 2.57.